The van der Waals surface area contributed by atoms with Gasteiger partial charge in [-0.05, 0) is 24.5 Å². The van der Waals surface area contributed by atoms with Gasteiger partial charge >= 0.3 is 0 Å². The predicted molar refractivity (Wildman–Crippen MR) is 102 cm³/mol. The van der Waals surface area contributed by atoms with Gasteiger partial charge in [-0.2, -0.15) is 0 Å². The number of rotatable bonds is 6. The molecule has 1 heterocycles. The van der Waals surface area contributed by atoms with E-state index in [0.717, 1.165) is 38.4 Å². The van der Waals surface area contributed by atoms with Crippen molar-refractivity contribution in [1.82, 2.24) is 4.90 Å². The van der Waals surface area contributed by atoms with Crippen LogP contribution in [0.5, 0.6) is 0 Å². The Morgan fingerprint density at radius 2 is 1.68 bits per heavy atom. The summed E-state index contributed by atoms with van der Waals surface area (Å²) >= 11 is 0. The zero-order valence-corrected chi connectivity index (χ0v) is 15.3. The molecule has 1 aliphatic heterocycles. The monoisotopic (exact) mass is 339 g/mol. The van der Waals surface area contributed by atoms with Gasteiger partial charge in [0.2, 0.25) is 0 Å². The molecule has 1 fully saturated rings. The Bertz CT molecular complexity index is 649. The first kappa shape index (κ1) is 18.1. The lowest BCUT2D eigenvalue weighted by Gasteiger charge is -2.40. The predicted octanol–water partition coefficient (Wildman–Crippen LogP) is 3.71. The van der Waals surface area contributed by atoms with E-state index < -0.39 is 5.60 Å². The molecule has 2 atom stereocenters. The van der Waals surface area contributed by atoms with E-state index in [1.165, 1.54) is 11.1 Å². The van der Waals surface area contributed by atoms with E-state index in [2.05, 4.69) is 67.3 Å². The Morgan fingerprint density at radius 1 is 1.04 bits per heavy atom. The average molecular weight is 339 g/mol. The number of nitrogens with zero attached hydrogens (tertiary/aromatic N) is 1. The van der Waals surface area contributed by atoms with Gasteiger partial charge in [0, 0.05) is 25.6 Å². The normalized spacial score (nSPS) is 19.3. The van der Waals surface area contributed by atoms with Crippen molar-refractivity contribution in [3.8, 4) is 0 Å². The molecule has 1 saturated heterocycles. The highest BCUT2D eigenvalue weighted by molar-refractivity contribution is 5.33. The van der Waals surface area contributed by atoms with Crippen LogP contribution >= 0.6 is 0 Å². The molecule has 0 bridgehead atoms. The minimum absolute atomic E-state index is 0.0273. The van der Waals surface area contributed by atoms with Crippen LogP contribution in [0.25, 0.3) is 0 Å². The van der Waals surface area contributed by atoms with Gasteiger partial charge in [0.25, 0.3) is 0 Å². The molecule has 3 rings (SSSR count). The van der Waals surface area contributed by atoms with Gasteiger partial charge in [-0.3, -0.25) is 4.90 Å². The largest absolute Gasteiger partial charge is 0.384 e. The van der Waals surface area contributed by atoms with Crippen molar-refractivity contribution >= 4 is 0 Å². The van der Waals surface area contributed by atoms with Crippen molar-refractivity contribution in [3.63, 3.8) is 0 Å². The molecular formula is C22H29NO2. The molecule has 2 aromatic rings. The summed E-state index contributed by atoms with van der Waals surface area (Å²) in [5.74, 6) is 0.0273. The van der Waals surface area contributed by atoms with Crippen molar-refractivity contribution in [2.24, 2.45) is 0 Å². The number of ether oxygens (including phenoxy) is 1. The van der Waals surface area contributed by atoms with E-state index in [0.29, 0.717) is 6.42 Å². The molecule has 134 valence electrons. The highest BCUT2D eigenvalue weighted by Gasteiger charge is 2.39. The van der Waals surface area contributed by atoms with E-state index in [9.17, 15) is 5.11 Å². The molecule has 2 aromatic carbocycles. The van der Waals surface area contributed by atoms with Crippen LogP contribution in [0.4, 0.5) is 0 Å². The van der Waals surface area contributed by atoms with Crippen LogP contribution < -0.4 is 0 Å². The van der Waals surface area contributed by atoms with Crippen molar-refractivity contribution in [2.45, 2.75) is 31.8 Å². The summed E-state index contributed by atoms with van der Waals surface area (Å²) in [6.07, 6.45) is 0.681. The van der Waals surface area contributed by atoms with Crippen LogP contribution in [0, 0.1) is 6.92 Å². The lowest BCUT2D eigenvalue weighted by Crippen LogP contribution is -2.44. The number of morpholine rings is 1. The number of aliphatic hydroxyl groups is 1. The zero-order valence-electron chi connectivity index (χ0n) is 15.3. The lowest BCUT2D eigenvalue weighted by molar-refractivity contribution is -0.0250. The van der Waals surface area contributed by atoms with Gasteiger partial charge in [0.1, 0.15) is 0 Å². The van der Waals surface area contributed by atoms with Gasteiger partial charge < -0.3 is 9.84 Å². The van der Waals surface area contributed by atoms with E-state index in [4.69, 9.17) is 4.74 Å². The summed E-state index contributed by atoms with van der Waals surface area (Å²) in [5.41, 5.74) is 2.53. The second kappa shape index (κ2) is 8.13. The highest BCUT2D eigenvalue weighted by Crippen LogP contribution is 2.40. The summed E-state index contributed by atoms with van der Waals surface area (Å²) in [7, 11) is 0. The standard InChI is InChI=1S/C22H29NO2/c1-3-22(24,20-11-9-18(2)10-12-20)21(19-7-5-4-6-8-19)17-23-13-15-25-16-14-23/h4-12,21,24H,3,13-17H2,1-2H3. The maximum atomic E-state index is 11.8. The van der Waals surface area contributed by atoms with Crippen LogP contribution in [-0.2, 0) is 10.3 Å². The summed E-state index contributed by atoms with van der Waals surface area (Å²) in [6.45, 7) is 8.40. The molecule has 0 spiro atoms. The maximum absolute atomic E-state index is 11.8. The number of aryl methyl sites for hydroxylation is 1. The Kier molecular flexibility index (Phi) is 5.89. The van der Waals surface area contributed by atoms with Crippen LogP contribution in [0.15, 0.2) is 54.6 Å². The van der Waals surface area contributed by atoms with Gasteiger partial charge in [-0.25, -0.2) is 0 Å². The van der Waals surface area contributed by atoms with Gasteiger partial charge in [-0.15, -0.1) is 0 Å². The minimum atomic E-state index is -0.882. The van der Waals surface area contributed by atoms with Crippen molar-refractivity contribution in [3.05, 3.63) is 71.3 Å². The van der Waals surface area contributed by atoms with Gasteiger partial charge in [-0.1, -0.05) is 67.1 Å². The highest BCUT2D eigenvalue weighted by atomic mass is 16.5. The molecule has 0 saturated carbocycles. The molecule has 2 unspecified atom stereocenters. The van der Waals surface area contributed by atoms with Crippen LogP contribution in [-0.4, -0.2) is 42.9 Å². The number of benzene rings is 2. The first-order valence-electron chi connectivity index (χ1n) is 9.28. The van der Waals surface area contributed by atoms with Crippen LogP contribution in [0.2, 0.25) is 0 Å². The third-order valence-electron chi connectivity index (χ3n) is 5.41. The van der Waals surface area contributed by atoms with E-state index in [-0.39, 0.29) is 5.92 Å². The fourth-order valence-electron chi connectivity index (χ4n) is 3.75. The molecule has 0 amide bonds. The van der Waals surface area contributed by atoms with E-state index in [1.54, 1.807) is 0 Å². The fourth-order valence-corrected chi connectivity index (χ4v) is 3.75. The SMILES string of the molecule is CCC(O)(c1ccc(C)cc1)C(CN1CCOCC1)c1ccccc1. The first-order chi connectivity index (χ1) is 12.1. The average Bonchev–Trinajstić information content (AvgIpc) is 2.67. The Balaban J connectivity index is 1.96. The Hall–Kier alpha value is -1.68. The van der Waals surface area contributed by atoms with Crippen LogP contribution in [0.3, 0.4) is 0 Å². The van der Waals surface area contributed by atoms with Crippen molar-refractivity contribution in [2.75, 3.05) is 32.8 Å². The number of hydrogen-bond donors (Lipinski definition) is 1. The quantitative estimate of drug-likeness (QED) is 0.871. The molecule has 1 aliphatic rings. The summed E-state index contributed by atoms with van der Waals surface area (Å²) < 4.78 is 5.49. The third kappa shape index (κ3) is 4.12. The van der Waals surface area contributed by atoms with Gasteiger partial charge in [0.05, 0.1) is 18.8 Å². The Morgan fingerprint density at radius 3 is 2.28 bits per heavy atom. The summed E-state index contributed by atoms with van der Waals surface area (Å²) in [5, 5.41) is 11.8. The molecule has 0 aromatic heterocycles. The topological polar surface area (TPSA) is 32.7 Å². The molecule has 3 nitrogen and oxygen atoms in total. The molecule has 1 N–H and O–H groups in total. The zero-order chi connectivity index (χ0) is 17.7. The molecule has 0 aliphatic carbocycles. The smallest absolute Gasteiger partial charge is 0.0974 e. The Labute approximate surface area is 151 Å². The third-order valence-corrected chi connectivity index (χ3v) is 5.41. The second-order valence-electron chi connectivity index (χ2n) is 7.02. The lowest BCUT2D eigenvalue weighted by atomic mass is 9.75. The number of hydrogen-bond acceptors (Lipinski definition) is 3. The fraction of sp³-hybridized carbons (Fsp3) is 0.455. The maximum Gasteiger partial charge on any atom is 0.0974 e. The summed E-state index contributed by atoms with van der Waals surface area (Å²) in [6, 6.07) is 18.8. The van der Waals surface area contributed by atoms with E-state index >= 15 is 0 Å². The summed E-state index contributed by atoms with van der Waals surface area (Å²) in [4.78, 5) is 2.41. The van der Waals surface area contributed by atoms with Crippen molar-refractivity contribution in [1.29, 1.82) is 0 Å². The molecular weight excluding hydrogens is 310 g/mol. The first-order valence-corrected chi connectivity index (χ1v) is 9.28. The molecule has 25 heavy (non-hydrogen) atoms. The minimum Gasteiger partial charge on any atom is -0.384 e. The second-order valence-corrected chi connectivity index (χ2v) is 7.02. The van der Waals surface area contributed by atoms with Crippen molar-refractivity contribution < 1.29 is 9.84 Å². The molecule has 3 heteroatoms. The van der Waals surface area contributed by atoms with E-state index in [1.807, 2.05) is 6.07 Å². The van der Waals surface area contributed by atoms with Crippen LogP contribution in [0.1, 0.15) is 36.0 Å². The molecule has 0 radical (unpaired) electrons. The van der Waals surface area contributed by atoms with Gasteiger partial charge in [0.15, 0.2) is 0 Å².